The minimum atomic E-state index is -1.66. The van der Waals surface area contributed by atoms with Crippen LogP contribution in [0.3, 0.4) is 0 Å². The highest BCUT2D eigenvalue weighted by Crippen LogP contribution is 2.39. The summed E-state index contributed by atoms with van der Waals surface area (Å²) in [6.07, 6.45) is 9.04. The minimum Gasteiger partial charge on any atom is -0.410 e. The number of hydrogen-bond acceptors (Lipinski definition) is 1. The van der Waals surface area contributed by atoms with Crippen LogP contribution in [0.2, 0.25) is 18.1 Å². The molecule has 0 aromatic heterocycles. The maximum atomic E-state index is 6.42. The molecule has 0 bridgehead atoms. The monoisotopic (exact) mass is 238 g/mol. The third kappa shape index (κ3) is 3.08. The highest BCUT2D eigenvalue weighted by atomic mass is 28.4. The van der Waals surface area contributed by atoms with Crippen molar-refractivity contribution in [1.29, 1.82) is 0 Å². The molecule has 0 saturated carbocycles. The van der Waals surface area contributed by atoms with E-state index in [0.29, 0.717) is 5.92 Å². The number of rotatable bonds is 4. The summed E-state index contributed by atoms with van der Waals surface area (Å²) < 4.78 is 6.42. The molecule has 0 heterocycles. The van der Waals surface area contributed by atoms with E-state index in [1.165, 1.54) is 0 Å². The smallest absolute Gasteiger partial charge is 0.192 e. The lowest BCUT2D eigenvalue weighted by molar-refractivity contribution is 0.165. The highest BCUT2D eigenvalue weighted by Gasteiger charge is 2.40. The van der Waals surface area contributed by atoms with E-state index >= 15 is 0 Å². The van der Waals surface area contributed by atoms with Gasteiger partial charge in [0.1, 0.15) is 0 Å². The lowest BCUT2D eigenvalue weighted by Crippen LogP contribution is -2.45. The summed E-state index contributed by atoms with van der Waals surface area (Å²) in [4.78, 5) is 0. The molecule has 0 aliphatic heterocycles. The van der Waals surface area contributed by atoms with Gasteiger partial charge in [-0.2, -0.15) is 0 Å². The predicted octanol–water partition coefficient (Wildman–Crippen LogP) is 4.53. The fourth-order valence-corrected chi connectivity index (χ4v) is 3.08. The summed E-state index contributed by atoms with van der Waals surface area (Å²) in [5.74, 6) is 0.617. The van der Waals surface area contributed by atoms with Crippen molar-refractivity contribution < 1.29 is 4.43 Å². The van der Waals surface area contributed by atoms with Gasteiger partial charge in [0.2, 0.25) is 0 Å². The van der Waals surface area contributed by atoms with Crippen LogP contribution < -0.4 is 0 Å². The van der Waals surface area contributed by atoms with Crippen LogP contribution in [0.1, 0.15) is 33.6 Å². The van der Waals surface area contributed by atoms with Crippen molar-refractivity contribution in [1.82, 2.24) is 0 Å². The molecule has 16 heavy (non-hydrogen) atoms. The van der Waals surface area contributed by atoms with Crippen LogP contribution >= 0.6 is 0 Å². The second kappa shape index (κ2) is 4.88. The molecule has 1 aliphatic carbocycles. The average molecular weight is 238 g/mol. The van der Waals surface area contributed by atoms with Gasteiger partial charge in [-0.05, 0) is 36.9 Å². The zero-order chi connectivity index (χ0) is 12.4. The first-order valence-electron chi connectivity index (χ1n) is 6.23. The Bertz CT molecular complexity index is 265. The van der Waals surface area contributed by atoms with E-state index < -0.39 is 8.32 Å². The van der Waals surface area contributed by atoms with E-state index in [0.717, 1.165) is 12.8 Å². The molecule has 0 radical (unpaired) electrons. The van der Waals surface area contributed by atoms with Gasteiger partial charge in [-0.3, -0.25) is 0 Å². The average Bonchev–Trinajstić information content (AvgIpc) is 2.65. The molecule has 0 unspecified atom stereocenters. The van der Waals surface area contributed by atoms with E-state index in [1.807, 2.05) is 6.08 Å². The van der Waals surface area contributed by atoms with Crippen LogP contribution in [0.15, 0.2) is 24.8 Å². The number of allylic oxidation sites excluding steroid dienone is 2. The fraction of sp³-hybridized carbons (Fsp3) is 0.714. The van der Waals surface area contributed by atoms with Gasteiger partial charge in [0, 0.05) is 0 Å². The van der Waals surface area contributed by atoms with Crippen molar-refractivity contribution in [2.75, 3.05) is 0 Å². The molecule has 0 spiro atoms. The molecule has 1 nitrogen and oxygen atoms in total. The Morgan fingerprint density at radius 3 is 2.19 bits per heavy atom. The first kappa shape index (κ1) is 13.7. The topological polar surface area (TPSA) is 9.23 Å². The van der Waals surface area contributed by atoms with Crippen molar-refractivity contribution in [2.24, 2.45) is 5.92 Å². The molecular weight excluding hydrogens is 212 g/mol. The normalized spacial score (nSPS) is 20.1. The van der Waals surface area contributed by atoms with Crippen LogP contribution in [0.5, 0.6) is 0 Å². The van der Waals surface area contributed by atoms with Gasteiger partial charge in [0.25, 0.3) is 0 Å². The molecule has 2 heteroatoms. The molecule has 0 aromatic rings. The summed E-state index contributed by atoms with van der Waals surface area (Å²) in [6.45, 7) is 15.4. The molecule has 92 valence electrons. The Morgan fingerprint density at radius 1 is 1.31 bits per heavy atom. The van der Waals surface area contributed by atoms with Crippen molar-refractivity contribution in [2.45, 2.75) is 57.8 Å². The summed E-state index contributed by atoms with van der Waals surface area (Å²) in [5.41, 5.74) is 0. The van der Waals surface area contributed by atoms with E-state index in [9.17, 15) is 0 Å². The zero-order valence-electron chi connectivity index (χ0n) is 11.4. The Labute approximate surface area is 102 Å². The summed E-state index contributed by atoms with van der Waals surface area (Å²) in [7, 11) is -1.66. The highest BCUT2D eigenvalue weighted by molar-refractivity contribution is 6.74. The SMILES string of the molecule is C=C[C@@H](O[Si](C)(C)C(C)(C)C)C1CC=CC1. The minimum absolute atomic E-state index is 0.232. The lowest BCUT2D eigenvalue weighted by Gasteiger charge is -2.40. The van der Waals surface area contributed by atoms with Crippen LogP contribution in [-0.2, 0) is 4.43 Å². The second-order valence-electron chi connectivity index (χ2n) is 6.28. The summed E-state index contributed by atoms with van der Waals surface area (Å²) in [5, 5.41) is 0.278. The molecule has 0 amide bonds. The van der Waals surface area contributed by atoms with Crippen molar-refractivity contribution in [3.05, 3.63) is 24.8 Å². The third-order valence-corrected chi connectivity index (χ3v) is 8.45. The molecule has 0 aromatic carbocycles. The largest absolute Gasteiger partial charge is 0.410 e. The van der Waals surface area contributed by atoms with Crippen LogP contribution in [0.25, 0.3) is 0 Å². The Balaban J connectivity index is 2.66. The predicted molar refractivity (Wildman–Crippen MR) is 74.1 cm³/mol. The van der Waals surface area contributed by atoms with Crippen molar-refractivity contribution in [3.8, 4) is 0 Å². The van der Waals surface area contributed by atoms with Gasteiger partial charge in [0.15, 0.2) is 8.32 Å². The Kier molecular flexibility index (Phi) is 4.19. The van der Waals surface area contributed by atoms with E-state index in [2.05, 4.69) is 52.6 Å². The standard InChI is InChI=1S/C14H26OSi/c1-7-13(12-10-8-9-11-12)15-16(5,6)14(2,3)4/h7-9,12-13H,1,10-11H2,2-6H3/t13-/m1/s1. The van der Waals surface area contributed by atoms with Crippen LogP contribution in [0, 0.1) is 5.92 Å². The molecular formula is C14H26OSi. The molecule has 1 atom stereocenters. The van der Waals surface area contributed by atoms with Gasteiger partial charge < -0.3 is 4.43 Å². The van der Waals surface area contributed by atoms with E-state index in [4.69, 9.17) is 4.43 Å². The lowest BCUT2D eigenvalue weighted by atomic mass is 10.0. The third-order valence-electron chi connectivity index (χ3n) is 3.98. The van der Waals surface area contributed by atoms with Crippen molar-refractivity contribution in [3.63, 3.8) is 0 Å². The maximum Gasteiger partial charge on any atom is 0.192 e. The van der Waals surface area contributed by atoms with Crippen molar-refractivity contribution >= 4 is 8.32 Å². The molecule has 1 aliphatic rings. The molecule has 0 N–H and O–H groups in total. The van der Waals surface area contributed by atoms with Crippen LogP contribution in [-0.4, -0.2) is 14.4 Å². The Morgan fingerprint density at radius 2 is 1.81 bits per heavy atom. The Hall–Kier alpha value is -0.343. The second-order valence-corrected chi connectivity index (χ2v) is 11.0. The summed E-state index contributed by atoms with van der Waals surface area (Å²) >= 11 is 0. The molecule has 0 fully saturated rings. The first-order chi connectivity index (χ1) is 7.28. The number of hydrogen-bond donors (Lipinski definition) is 0. The van der Waals surface area contributed by atoms with Gasteiger partial charge in [0.05, 0.1) is 6.10 Å². The molecule has 0 saturated heterocycles. The summed E-state index contributed by atoms with van der Waals surface area (Å²) in [6, 6.07) is 0. The van der Waals surface area contributed by atoms with E-state index in [1.54, 1.807) is 0 Å². The van der Waals surface area contributed by atoms with Gasteiger partial charge in [-0.25, -0.2) is 0 Å². The van der Waals surface area contributed by atoms with Crippen LogP contribution in [0.4, 0.5) is 0 Å². The quantitative estimate of drug-likeness (QED) is 0.516. The zero-order valence-corrected chi connectivity index (χ0v) is 12.4. The fourth-order valence-electron chi connectivity index (χ4n) is 1.76. The van der Waals surface area contributed by atoms with E-state index in [-0.39, 0.29) is 11.1 Å². The van der Waals surface area contributed by atoms with Gasteiger partial charge >= 0.3 is 0 Å². The molecule has 1 rings (SSSR count). The first-order valence-corrected chi connectivity index (χ1v) is 9.14. The maximum absolute atomic E-state index is 6.42. The van der Waals surface area contributed by atoms with Gasteiger partial charge in [-0.15, -0.1) is 6.58 Å². The van der Waals surface area contributed by atoms with Gasteiger partial charge in [-0.1, -0.05) is 39.0 Å².